The van der Waals surface area contributed by atoms with Gasteiger partial charge in [-0.1, -0.05) is 69.3 Å². The van der Waals surface area contributed by atoms with Gasteiger partial charge in [-0.15, -0.1) is 0 Å². The van der Waals surface area contributed by atoms with E-state index in [1.807, 2.05) is 6.08 Å². The minimum absolute atomic E-state index is 0.0578. The Morgan fingerprint density at radius 2 is 1.84 bits per heavy atom. The van der Waals surface area contributed by atoms with Crippen molar-refractivity contribution in [3.8, 4) is 0 Å². The van der Waals surface area contributed by atoms with Gasteiger partial charge in [0.2, 0.25) is 0 Å². The van der Waals surface area contributed by atoms with Gasteiger partial charge in [-0.2, -0.15) is 0 Å². The Kier molecular flexibility index (Phi) is 5.77. The van der Waals surface area contributed by atoms with Gasteiger partial charge in [0.1, 0.15) is 0 Å². The molecule has 0 unspecified atom stereocenters. The molecule has 138 valence electrons. The molecule has 0 saturated heterocycles. The molecule has 1 aromatic heterocycles. The van der Waals surface area contributed by atoms with Gasteiger partial charge in [0.15, 0.2) is 8.32 Å². The fourth-order valence-electron chi connectivity index (χ4n) is 2.69. The summed E-state index contributed by atoms with van der Waals surface area (Å²) >= 11 is 3.60. The van der Waals surface area contributed by atoms with Crippen LogP contribution in [0, 0.1) is 5.41 Å². The van der Waals surface area contributed by atoms with E-state index in [9.17, 15) is 0 Å². The zero-order valence-electron chi connectivity index (χ0n) is 16.7. The van der Waals surface area contributed by atoms with Crippen molar-refractivity contribution in [2.24, 2.45) is 5.41 Å². The van der Waals surface area contributed by atoms with Crippen LogP contribution in [0.25, 0.3) is 17.0 Å². The number of rotatable bonds is 6. The predicted octanol–water partition coefficient (Wildman–Crippen LogP) is 7.09. The summed E-state index contributed by atoms with van der Waals surface area (Å²) in [5.74, 6) is 0. The third-order valence-electron chi connectivity index (χ3n) is 5.32. The van der Waals surface area contributed by atoms with Crippen molar-refractivity contribution in [2.45, 2.75) is 59.3 Å². The van der Waals surface area contributed by atoms with E-state index < -0.39 is 8.32 Å². The van der Waals surface area contributed by atoms with E-state index in [1.54, 1.807) is 0 Å². The highest BCUT2D eigenvalue weighted by Gasteiger charge is 2.38. The monoisotopic (exact) mass is 421 g/mol. The molecule has 1 aromatic carbocycles. The Labute approximate surface area is 162 Å². The smallest absolute Gasteiger partial charge is 0.192 e. The predicted molar refractivity (Wildman–Crippen MR) is 117 cm³/mol. The van der Waals surface area contributed by atoms with Crippen LogP contribution < -0.4 is 0 Å². The van der Waals surface area contributed by atoms with Crippen molar-refractivity contribution in [1.82, 2.24) is 4.57 Å². The number of nitrogens with zero attached hydrogens (tertiary/aromatic N) is 1. The fourth-order valence-corrected chi connectivity index (χ4v) is 4.22. The van der Waals surface area contributed by atoms with E-state index in [4.69, 9.17) is 4.43 Å². The molecule has 25 heavy (non-hydrogen) atoms. The summed E-state index contributed by atoms with van der Waals surface area (Å²) in [6.45, 7) is 21.8. The summed E-state index contributed by atoms with van der Waals surface area (Å²) in [4.78, 5) is 0. The lowest BCUT2D eigenvalue weighted by atomic mass is 9.95. The Bertz CT molecular complexity index is 768. The second-order valence-corrected chi connectivity index (χ2v) is 15.0. The second kappa shape index (κ2) is 7.05. The van der Waals surface area contributed by atoms with Crippen LogP contribution in [0.15, 0.2) is 35.4 Å². The third-order valence-corrected chi connectivity index (χ3v) is 10.3. The number of aromatic nitrogens is 1. The van der Waals surface area contributed by atoms with Crippen LogP contribution >= 0.6 is 15.9 Å². The SMILES string of the molecule is C=Cc1cn(CC(C)(C)CO[Si](C)(C)C(C)(C)C)c2cc(Br)ccc12. The highest BCUT2D eigenvalue weighted by Crippen LogP contribution is 2.38. The molecule has 0 saturated carbocycles. The molecule has 0 atom stereocenters. The summed E-state index contributed by atoms with van der Waals surface area (Å²) in [6.07, 6.45) is 4.14. The highest BCUT2D eigenvalue weighted by molar-refractivity contribution is 9.10. The van der Waals surface area contributed by atoms with E-state index in [1.165, 1.54) is 16.5 Å². The molecule has 1 heterocycles. The average Bonchev–Trinajstić information content (AvgIpc) is 2.81. The molecule has 2 aromatic rings. The van der Waals surface area contributed by atoms with Crippen molar-refractivity contribution in [2.75, 3.05) is 6.61 Å². The molecule has 0 fully saturated rings. The van der Waals surface area contributed by atoms with Crippen molar-refractivity contribution >= 4 is 41.2 Å². The second-order valence-electron chi connectivity index (χ2n) is 9.29. The first-order valence-corrected chi connectivity index (χ1v) is 12.6. The van der Waals surface area contributed by atoms with Gasteiger partial charge in [0.05, 0.1) is 0 Å². The van der Waals surface area contributed by atoms with Gasteiger partial charge >= 0.3 is 0 Å². The van der Waals surface area contributed by atoms with E-state index in [0.29, 0.717) is 0 Å². The Morgan fingerprint density at radius 3 is 2.40 bits per heavy atom. The standard InChI is InChI=1S/C21H32BrNOSi/c1-9-16-13-23(19-12-17(22)10-11-18(16)19)14-21(5,6)15-24-25(7,8)20(2,3)4/h9-13H,1,14-15H2,2-8H3. The Morgan fingerprint density at radius 1 is 1.20 bits per heavy atom. The number of halogens is 1. The zero-order valence-corrected chi connectivity index (χ0v) is 19.3. The van der Waals surface area contributed by atoms with Gasteiger partial charge in [-0.25, -0.2) is 0 Å². The molecule has 0 aliphatic rings. The maximum atomic E-state index is 6.50. The van der Waals surface area contributed by atoms with Crippen LogP contribution in [0.3, 0.4) is 0 Å². The van der Waals surface area contributed by atoms with Crippen LogP contribution in [0.2, 0.25) is 18.1 Å². The molecular formula is C21H32BrNOSi. The van der Waals surface area contributed by atoms with Crippen LogP contribution in [0.4, 0.5) is 0 Å². The molecule has 0 N–H and O–H groups in total. The number of fused-ring (bicyclic) bond motifs is 1. The Balaban J connectivity index is 2.24. The van der Waals surface area contributed by atoms with Gasteiger partial charge in [0.25, 0.3) is 0 Å². The van der Waals surface area contributed by atoms with Gasteiger partial charge in [0, 0.05) is 40.1 Å². The zero-order chi connectivity index (χ0) is 19.0. The minimum Gasteiger partial charge on any atom is -0.416 e. The normalized spacial score (nSPS) is 13.4. The maximum absolute atomic E-state index is 6.50. The molecular weight excluding hydrogens is 390 g/mol. The molecule has 4 heteroatoms. The highest BCUT2D eigenvalue weighted by atomic mass is 79.9. The van der Waals surface area contributed by atoms with E-state index in [-0.39, 0.29) is 10.5 Å². The quantitative estimate of drug-likeness (QED) is 0.453. The van der Waals surface area contributed by atoms with Gasteiger partial charge < -0.3 is 8.99 Å². The molecule has 0 bridgehead atoms. The maximum Gasteiger partial charge on any atom is 0.192 e. The summed E-state index contributed by atoms with van der Waals surface area (Å²) in [6, 6.07) is 6.44. The molecule has 0 amide bonds. The van der Waals surface area contributed by atoms with E-state index >= 15 is 0 Å². The van der Waals surface area contributed by atoms with Crippen molar-refractivity contribution < 1.29 is 4.43 Å². The van der Waals surface area contributed by atoms with Crippen molar-refractivity contribution in [1.29, 1.82) is 0 Å². The summed E-state index contributed by atoms with van der Waals surface area (Å²) in [7, 11) is -1.73. The van der Waals surface area contributed by atoms with Crippen LogP contribution in [0.1, 0.15) is 40.2 Å². The first-order chi connectivity index (χ1) is 11.4. The first kappa shape index (κ1) is 20.5. The number of benzene rings is 1. The minimum atomic E-state index is -1.73. The van der Waals surface area contributed by atoms with Gasteiger partial charge in [-0.3, -0.25) is 0 Å². The fraction of sp³-hybridized carbons (Fsp3) is 0.524. The lowest BCUT2D eigenvalue weighted by Crippen LogP contribution is -2.43. The van der Waals surface area contributed by atoms with E-state index in [0.717, 1.165) is 17.6 Å². The summed E-state index contributed by atoms with van der Waals surface area (Å²) in [5.41, 5.74) is 2.48. The van der Waals surface area contributed by atoms with Crippen LogP contribution in [0.5, 0.6) is 0 Å². The van der Waals surface area contributed by atoms with Crippen LogP contribution in [-0.2, 0) is 11.0 Å². The van der Waals surface area contributed by atoms with Crippen molar-refractivity contribution in [3.05, 3.63) is 41.0 Å². The third kappa shape index (κ3) is 4.66. The topological polar surface area (TPSA) is 14.2 Å². The number of hydrogen-bond donors (Lipinski definition) is 0. The molecule has 0 aliphatic heterocycles. The average molecular weight is 422 g/mol. The lowest BCUT2D eigenvalue weighted by molar-refractivity contribution is 0.147. The number of hydrogen-bond acceptors (Lipinski definition) is 1. The molecule has 0 aliphatic carbocycles. The molecule has 0 radical (unpaired) electrons. The van der Waals surface area contributed by atoms with E-state index in [2.05, 4.69) is 99.2 Å². The summed E-state index contributed by atoms with van der Waals surface area (Å²) < 4.78 is 9.94. The molecule has 0 spiro atoms. The first-order valence-electron chi connectivity index (χ1n) is 8.91. The lowest BCUT2D eigenvalue weighted by Gasteiger charge is -2.39. The largest absolute Gasteiger partial charge is 0.416 e. The van der Waals surface area contributed by atoms with Crippen molar-refractivity contribution in [3.63, 3.8) is 0 Å². The molecule has 2 rings (SSSR count). The summed E-state index contributed by atoms with van der Waals surface area (Å²) in [5, 5.41) is 1.49. The van der Waals surface area contributed by atoms with Gasteiger partial charge in [-0.05, 0) is 35.8 Å². The Hall–Kier alpha value is -0.843. The van der Waals surface area contributed by atoms with Crippen LogP contribution in [-0.4, -0.2) is 19.5 Å². The molecule has 2 nitrogen and oxygen atoms in total.